The fraction of sp³-hybridized carbons (Fsp3) is 0.615. The Morgan fingerprint density at radius 2 is 2.05 bits per heavy atom. The molecule has 0 radical (unpaired) electrons. The zero-order valence-electron chi connectivity index (χ0n) is 11.3. The lowest BCUT2D eigenvalue weighted by atomic mass is 9.99. The van der Waals surface area contributed by atoms with Gasteiger partial charge in [-0.15, -0.1) is 0 Å². The highest BCUT2D eigenvalue weighted by atomic mass is 19.1. The Morgan fingerprint density at radius 3 is 2.85 bits per heavy atom. The minimum atomic E-state index is -0.773. The number of nitrogens with zero attached hydrogens (tertiary/aromatic N) is 3. The molecule has 2 fully saturated rings. The lowest BCUT2D eigenvalue weighted by Gasteiger charge is -2.44. The second-order valence-corrected chi connectivity index (χ2v) is 5.40. The van der Waals surface area contributed by atoms with Gasteiger partial charge in [-0.25, -0.2) is 19.6 Å². The van der Waals surface area contributed by atoms with Gasteiger partial charge in [-0.2, -0.15) is 0 Å². The van der Waals surface area contributed by atoms with E-state index >= 15 is 0 Å². The standard InChI is InChI=1S/C13H19F2N5/c14-10-7-11(15)13(17-12(10)18-16)20-6-5-19-4-2-1-3-9(19)8-20/h7,9H,1-6,8,16H2,(H,17,18). The summed E-state index contributed by atoms with van der Waals surface area (Å²) in [4.78, 5) is 8.31. The van der Waals surface area contributed by atoms with E-state index in [0.29, 0.717) is 12.6 Å². The van der Waals surface area contributed by atoms with E-state index in [9.17, 15) is 8.78 Å². The molecule has 0 aromatic carbocycles. The average molecular weight is 283 g/mol. The van der Waals surface area contributed by atoms with Gasteiger partial charge in [0.05, 0.1) is 0 Å². The van der Waals surface area contributed by atoms with Gasteiger partial charge in [0.25, 0.3) is 0 Å². The predicted molar refractivity (Wildman–Crippen MR) is 73.4 cm³/mol. The number of hydrazine groups is 1. The van der Waals surface area contributed by atoms with Crippen molar-refractivity contribution in [2.45, 2.75) is 25.3 Å². The summed E-state index contributed by atoms with van der Waals surface area (Å²) in [6.07, 6.45) is 3.58. The Kier molecular flexibility index (Phi) is 3.71. The highest BCUT2D eigenvalue weighted by molar-refractivity contribution is 5.49. The third kappa shape index (κ3) is 2.43. The van der Waals surface area contributed by atoms with Crippen molar-refractivity contribution >= 4 is 11.6 Å². The second-order valence-electron chi connectivity index (χ2n) is 5.40. The van der Waals surface area contributed by atoms with Crippen molar-refractivity contribution in [2.24, 2.45) is 5.84 Å². The molecule has 3 rings (SSSR count). The van der Waals surface area contributed by atoms with Gasteiger partial charge in [0, 0.05) is 31.7 Å². The molecule has 0 saturated carbocycles. The van der Waals surface area contributed by atoms with Gasteiger partial charge in [0.1, 0.15) is 0 Å². The minimum absolute atomic E-state index is 0.118. The van der Waals surface area contributed by atoms with Crippen LogP contribution in [-0.2, 0) is 0 Å². The van der Waals surface area contributed by atoms with Gasteiger partial charge in [-0.1, -0.05) is 6.42 Å². The van der Waals surface area contributed by atoms with Gasteiger partial charge in [0.2, 0.25) is 0 Å². The highest BCUT2D eigenvalue weighted by Crippen LogP contribution is 2.27. The summed E-state index contributed by atoms with van der Waals surface area (Å²) in [6.45, 7) is 3.46. The Hall–Kier alpha value is -1.47. The average Bonchev–Trinajstić information content (AvgIpc) is 2.47. The molecule has 7 heteroatoms. The molecule has 2 saturated heterocycles. The fourth-order valence-corrected chi connectivity index (χ4v) is 3.13. The summed E-state index contributed by atoms with van der Waals surface area (Å²) in [5, 5.41) is 0. The SMILES string of the molecule is NNc1nc(N2CCN3CCCCC3C2)c(F)cc1F. The molecule has 0 amide bonds. The molecule has 0 spiro atoms. The van der Waals surface area contributed by atoms with Crippen molar-refractivity contribution < 1.29 is 8.78 Å². The molecule has 0 bridgehead atoms. The maximum absolute atomic E-state index is 13.9. The van der Waals surface area contributed by atoms with E-state index in [4.69, 9.17) is 5.84 Å². The maximum Gasteiger partial charge on any atom is 0.178 e. The van der Waals surface area contributed by atoms with E-state index in [2.05, 4.69) is 15.3 Å². The smallest absolute Gasteiger partial charge is 0.178 e. The number of hydrogen-bond acceptors (Lipinski definition) is 5. The number of anilines is 2. The van der Waals surface area contributed by atoms with Gasteiger partial charge in [-0.05, 0) is 19.4 Å². The number of piperazine rings is 1. The molecule has 3 N–H and O–H groups in total. The van der Waals surface area contributed by atoms with E-state index in [1.807, 2.05) is 4.90 Å². The fourth-order valence-electron chi connectivity index (χ4n) is 3.13. The summed E-state index contributed by atoms with van der Waals surface area (Å²) in [7, 11) is 0. The Labute approximate surface area is 116 Å². The quantitative estimate of drug-likeness (QED) is 0.633. The van der Waals surface area contributed by atoms with Crippen molar-refractivity contribution in [1.29, 1.82) is 0 Å². The summed E-state index contributed by atoms with van der Waals surface area (Å²) in [5.74, 6) is 3.86. The molecule has 5 nitrogen and oxygen atoms in total. The molecule has 1 aromatic rings. The summed E-state index contributed by atoms with van der Waals surface area (Å²) < 4.78 is 27.3. The number of aromatic nitrogens is 1. The topological polar surface area (TPSA) is 57.4 Å². The molecule has 2 aliphatic heterocycles. The normalized spacial score (nSPS) is 23.6. The van der Waals surface area contributed by atoms with E-state index in [1.165, 1.54) is 12.8 Å². The molecule has 20 heavy (non-hydrogen) atoms. The van der Waals surface area contributed by atoms with E-state index in [0.717, 1.165) is 32.1 Å². The molecule has 1 unspecified atom stereocenters. The number of pyridine rings is 1. The Morgan fingerprint density at radius 1 is 1.20 bits per heavy atom. The van der Waals surface area contributed by atoms with Crippen LogP contribution in [0.5, 0.6) is 0 Å². The van der Waals surface area contributed by atoms with Crippen LogP contribution in [0.4, 0.5) is 20.4 Å². The zero-order valence-corrected chi connectivity index (χ0v) is 11.3. The minimum Gasteiger partial charge on any atom is -0.351 e. The summed E-state index contributed by atoms with van der Waals surface area (Å²) in [5.41, 5.74) is 2.17. The number of fused-ring (bicyclic) bond motifs is 1. The Balaban J connectivity index is 1.82. The van der Waals surface area contributed by atoms with Crippen LogP contribution in [0.3, 0.4) is 0 Å². The lowest BCUT2D eigenvalue weighted by Crippen LogP contribution is -2.55. The first-order valence-electron chi connectivity index (χ1n) is 7.00. The number of hydrogen-bond donors (Lipinski definition) is 2. The van der Waals surface area contributed by atoms with Gasteiger partial charge < -0.3 is 10.3 Å². The summed E-state index contributed by atoms with van der Waals surface area (Å²) >= 11 is 0. The molecule has 1 aromatic heterocycles. The first-order valence-corrected chi connectivity index (χ1v) is 7.00. The van der Waals surface area contributed by atoms with Crippen LogP contribution in [0.1, 0.15) is 19.3 Å². The lowest BCUT2D eigenvalue weighted by molar-refractivity contribution is 0.133. The van der Waals surface area contributed by atoms with E-state index in [-0.39, 0.29) is 11.6 Å². The van der Waals surface area contributed by atoms with Crippen LogP contribution in [0, 0.1) is 11.6 Å². The maximum atomic E-state index is 13.9. The molecule has 110 valence electrons. The van der Waals surface area contributed by atoms with E-state index < -0.39 is 11.6 Å². The van der Waals surface area contributed by atoms with Crippen molar-refractivity contribution in [3.63, 3.8) is 0 Å². The van der Waals surface area contributed by atoms with E-state index in [1.54, 1.807) is 0 Å². The molecular weight excluding hydrogens is 264 g/mol. The number of nitrogens with two attached hydrogens (primary N) is 1. The first kappa shape index (κ1) is 13.5. The number of nitrogens with one attached hydrogen (secondary N) is 1. The largest absolute Gasteiger partial charge is 0.351 e. The van der Waals surface area contributed by atoms with Gasteiger partial charge >= 0.3 is 0 Å². The van der Waals surface area contributed by atoms with Crippen molar-refractivity contribution in [2.75, 3.05) is 36.5 Å². The van der Waals surface area contributed by atoms with Crippen LogP contribution >= 0.6 is 0 Å². The Bertz CT molecular complexity index is 496. The molecule has 3 heterocycles. The van der Waals surface area contributed by atoms with Gasteiger partial charge in [0.15, 0.2) is 23.3 Å². The third-order valence-electron chi connectivity index (χ3n) is 4.18. The van der Waals surface area contributed by atoms with Crippen LogP contribution < -0.4 is 16.2 Å². The molecule has 1 atom stereocenters. The van der Waals surface area contributed by atoms with Crippen molar-refractivity contribution in [3.8, 4) is 0 Å². The van der Waals surface area contributed by atoms with Crippen LogP contribution in [0.25, 0.3) is 0 Å². The molecule has 0 aliphatic carbocycles. The zero-order chi connectivity index (χ0) is 14.1. The van der Waals surface area contributed by atoms with Crippen LogP contribution in [0.15, 0.2) is 6.07 Å². The number of halogens is 2. The predicted octanol–water partition coefficient (Wildman–Crippen LogP) is 1.32. The molecule has 2 aliphatic rings. The van der Waals surface area contributed by atoms with Crippen molar-refractivity contribution in [1.82, 2.24) is 9.88 Å². The number of rotatable bonds is 2. The monoisotopic (exact) mass is 283 g/mol. The van der Waals surface area contributed by atoms with Crippen LogP contribution in [0.2, 0.25) is 0 Å². The third-order valence-corrected chi connectivity index (χ3v) is 4.18. The van der Waals surface area contributed by atoms with Crippen molar-refractivity contribution in [3.05, 3.63) is 17.7 Å². The number of nitrogen functional groups attached to an aromatic ring is 1. The molecular formula is C13H19F2N5. The summed E-state index contributed by atoms with van der Waals surface area (Å²) in [6, 6.07) is 1.28. The van der Waals surface area contributed by atoms with Gasteiger partial charge in [-0.3, -0.25) is 4.90 Å². The number of piperidine rings is 1. The van der Waals surface area contributed by atoms with Crippen LogP contribution in [-0.4, -0.2) is 42.1 Å². The highest BCUT2D eigenvalue weighted by Gasteiger charge is 2.30. The first-order chi connectivity index (χ1) is 9.69. The second kappa shape index (κ2) is 5.49.